The third-order valence-corrected chi connectivity index (χ3v) is 5.99. The highest BCUT2D eigenvalue weighted by atomic mass is 32.2. The third kappa shape index (κ3) is 5.65. The van der Waals surface area contributed by atoms with Gasteiger partial charge in [-0.15, -0.1) is 0 Å². The van der Waals surface area contributed by atoms with Crippen molar-refractivity contribution in [3.05, 3.63) is 66.4 Å². The second-order valence-electron chi connectivity index (χ2n) is 7.42. The Bertz CT molecular complexity index is 1160. The van der Waals surface area contributed by atoms with Crippen LogP contribution < -0.4 is 15.8 Å². The van der Waals surface area contributed by atoms with Gasteiger partial charge in [0.05, 0.1) is 11.1 Å². The van der Waals surface area contributed by atoms with Crippen LogP contribution in [0.4, 0.5) is 23.1 Å². The maximum absolute atomic E-state index is 11.4. The van der Waals surface area contributed by atoms with E-state index in [1.54, 1.807) is 24.5 Å². The molecule has 9 heteroatoms. The summed E-state index contributed by atoms with van der Waals surface area (Å²) in [7, 11) is -3.73. The van der Waals surface area contributed by atoms with Gasteiger partial charge in [-0.3, -0.25) is 4.99 Å². The predicted molar refractivity (Wildman–Crippen MR) is 123 cm³/mol. The Morgan fingerprint density at radius 1 is 1.03 bits per heavy atom. The molecule has 0 amide bonds. The predicted octanol–water partition coefficient (Wildman–Crippen LogP) is 3.97. The van der Waals surface area contributed by atoms with Crippen LogP contribution in [-0.4, -0.2) is 30.6 Å². The van der Waals surface area contributed by atoms with Gasteiger partial charge < -0.3 is 10.6 Å². The van der Waals surface area contributed by atoms with Crippen LogP contribution in [0.2, 0.25) is 0 Å². The molecule has 8 nitrogen and oxygen atoms in total. The number of hydrogen-bond donors (Lipinski definition) is 3. The van der Waals surface area contributed by atoms with E-state index in [2.05, 4.69) is 25.6 Å². The molecule has 0 saturated heterocycles. The molecule has 1 aliphatic carbocycles. The van der Waals surface area contributed by atoms with Gasteiger partial charge in [-0.1, -0.05) is 43.2 Å². The average molecular weight is 437 g/mol. The highest BCUT2D eigenvalue weighted by Gasteiger charge is 2.17. The average Bonchev–Trinajstić information content (AvgIpc) is 3.27. The summed E-state index contributed by atoms with van der Waals surface area (Å²) in [6, 6.07) is 16.3. The SMILES string of the molecule is NS(=O)(=O)c1ccc(Nc2ncc(N=Cc3ccccc3)c(NC3CCCC3)n2)cc1. The number of aromatic nitrogens is 2. The van der Waals surface area contributed by atoms with Crippen LogP contribution >= 0.6 is 0 Å². The van der Waals surface area contributed by atoms with E-state index in [0.29, 0.717) is 29.2 Å². The summed E-state index contributed by atoms with van der Waals surface area (Å²) in [5.74, 6) is 1.06. The first-order chi connectivity index (χ1) is 15.0. The third-order valence-electron chi connectivity index (χ3n) is 5.06. The second kappa shape index (κ2) is 9.23. The number of aliphatic imine (C=N–C) groups is 1. The van der Waals surface area contributed by atoms with Gasteiger partial charge in [0, 0.05) is 17.9 Å². The van der Waals surface area contributed by atoms with E-state index in [9.17, 15) is 8.42 Å². The summed E-state index contributed by atoms with van der Waals surface area (Å²) in [5.41, 5.74) is 2.30. The Morgan fingerprint density at radius 3 is 2.42 bits per heavy atom. The number of hydrogen-bond acceptors (Lipinski definition) is 7. The monoisotopic (exact) mass is 436 g/mol. The molecule has 4 N–H and O–H groups in total. The first-order valence-electron chi connectivity index (χ1n) is 10.1. The van der Waals surface area contributed by atoms with Gasteiger partial charge in [-0.05, 0) is 42.7 Å². The molecule has 1 aromatic heterocycles. The topological polar surface area (TPSA) is 122 Å². The molecule has 160 valence electrons. The van der Waals surface area contributed by atoms with Crippen molar-refractivity contribution in [1.29, 1.82) is 0 Å². The highest BCUT2D eigenvalue weighted by molar-refractivity contribution is 7.89. The summed E-state index contributed by atoms with van der Waals surface area (Å²) in [6.45, 7) is 0. The Kier molecular flexibility index (Phi) is 6.24. The first kappa shape index (κ1) is 21.0. The lowest BCUT2D eigenvalue weighted by Crippen LogP contribution is -2.16. The lowest BCUT2D eigenvalue weighted by molar-refractivity contribution is 0.598. The van der Waals surface area contributed by atoms with Crippen LogP contribution in [0.5, 0.6) is 0 Å². The van der Waals surface area contributed by atoms with E-state index in [1.165, 1.54) is 25.0 Å². The minimum absolute atomic E-state index is 0.0492. The number of primary sulfonamides is 1. The minimum atomic E-state index is -3.73. The van der Waals surface area contributed by atoms with Crippen molar-refractivity contribution < 1.29 is 8.42 Å². The smallest absolute Gasteiger partial charge is 0.238 e. The molecular weight excluding hydrogens is 412 g/mol. The molecule has 31 heavy (non-hydrogen) atoms. The summed E-state index contributed by atoms with van der Waals surface area (Å²) >= 11 is 0. The number of rotatable bonds is 7. The lowest BCUT2D eigenvalue weighted by Gasteiger charge is -2.15. The van der Waals surface area contributed by atoms with Gasteiger partial charge in [-0.2, -0.15) is 4.98 Å². The van der Waals surface area contributed by atoms with Crippen molar-refractivity contribution >= 4 is 39.4 Å². The zero-order valence-electron chi connectivity index (χ0n) is 16.9. The number of nitrogens with two attached hydrogens (primary N) is 1. The van der Waals surface area contributed by atoms with Crippen LogP contribution in [0.1, 0.15) is 31.2 Å². The zero-order valence-corrected chi connectivity index (χ0v) is 17.7. The molecule has 0 spiro atoms. The fourth-order valence-corrected chi connectivity index (χ4v) is 3.96. The molecule has 0 aliphatic heterocycles. The number of anilines is 3. The van der Waals surface area contributed by atoms with E-state index < -0.39 is 10.0 Å². The number of nitrogens with zero attached hydrogens (tertiary/aromatic N) is 3. The van der Waals surface area contributed by atoms with E-state index in [-0.39, 0.29) is 4.90 Å². The molecule has 0 bridgehead atoms. The largest absolute Gasteiger partial charge is 0.365 e. The molecule has 2 aromatic carbocycles. The summed E-state index contributed by atoms with van der Waals surface area (Å²) in [6.07, 6.45) is 8.06. The normalized spacial score (nSPS) is 14.7. The molecule has 3 aromatic rings. The molecule has 1 saturated carbocycles. The highest BCUT2D eigenvalue weighted by Crippen LogP contribution is 2.29. The molecular formula is C22H24N6O2S. The quantitative estimate of drug-likeness (QED) is 0.482. The summed E-state index contributed by atoms with van der Waals surface area (Å²) in [4.78, 5) is 13.6. The van der Waals surface area contributed by atoms with E-state index >= 15 is 0 Å². The van der Waals surface area contributed by atoms with Gasteiger partial charge in [0.25, 0.3) is 0 Å². The van der Waals surface area contributed by atoms with Crippen LogP contribution in [0.15, 0.2) is 70.7 Å². The van der Waals surface area contributed by atoms with Gasteiger partial charge >= 0.3 is 0 Å². The fourth-order valence-electron chi connectivity index (χ4n) is 3.44. The lowest BCUT2D eigenvalue weighted by atomic mass is 10.2. The molecule has 0 atom stereocenters. The second-order valence-corrected chi connectivity index (χ2v) is 8.98. The Hall–Kier alpha value is -3.30. The van der Waals surface area contributed by atoms with Gasteiger partial charge in [-0.25, -0.2) is 18.5 Å². The molecule has 1 fully saturated rings. The van der Waals surface area contributed by atoms with Gasteiger partial charge in [0.2, 0.25) is 16.0 Å². The van der Waals surface area contributed by atoms with Crippen molar-refractivity contribution in [1.82, 2.24) is 9.97 Å². The minimum Gasteiger partial charge on any atom is -0.365 e. The molecule has 0 unspecified atom stereocenters. The van der Waals surface area contributed by atoms with Gasteiger partial charge in [0.15, 0.2) is 5.82 Å². The maximum Gasteiger partial charge on any atom is 0.238 e. The summed E-state index contributed by atoms with van der Waals surface area (Å²) < 4.78 is 22.8. The van der Waals surface area contributed by atoms with Crippen molar-refractivity contribution in [2.24, 2.45) is 10.1 Å². The van der Waals surface area contributed by atoms with Gasteiger partial charge in [0.1, 0.15) is 5.69 Å². The van der Waals surface area contributed by atoms with Crippen LogP contribution in [0.3, 0.4) is 0 Å². The van der Waals surface area contributed by atoms with Crippen molar-refractivity contribution in [3.8, 4) is 0 Å². The Labute approximate surface area is 181 Å². The zero-order chi connectivity index (χ0) is 21.7. The van der Waals surface area contributed by atoms with Crippen LogP contribution in [-0.2, 0) is 10.0 Å². The van der Waals surface area contributed by atoms with Crippen molar-refractivity contribution in [2.45, 2.75) is 36.6 Å². The van der Waals surface area contributed by atoms with E-state index in [0.717, 1.165) is 18.4 Å². The first-order valence-corrected chi connectivity index (χ1v) is 11.6. The van der Waals surface area contributed by atoms with Crippen LogP contribution in [0, 0.1) is 0 Å². The Morgan fingerprint density at radius 2 is 1.74 bits per heavy atom. The summed E-state index contributed by atoms with van der Waals surface area (Å²) in [5, 5.41) is 11.7. The Balaban J connectivity index is 1.57. The number of nitrogens with one attached hydrogen (secondary N) is 2. The fraction of sp³-hybridized carbons (Fsp3) is 0.227. The number of benzene rings is 2. The van der Waals surface area contributed by atoms with Crippen molar-refractivity contribution in [2.75, 3.05) is 10.6 Å². The molecule has 4 rings (SSSR count). The van der Waals surface area contributed by atoms with E-state index in [4.69, 9.17) is 5.14 Å². The van der Waals surface area contributed by atoms with E-state index in [1.807, 2.05) is 30.3 Å². The number of sulfonamides is 1. The molecule has 0 radical (unpaired) electrons. The molecule has 1 aliphatic rings. The standard InChI is InChI=1S/C22H24N6O2S/c23-31(29,30)19-12-10-18(11-13-19)27-22-25-15-20(24-14-16-6-2-1-3-7-16)21(28-22)26-17-8-4-5-9-17/h1-3,6-7,10-15,17H,4-5,8-9H2,(H2,23,29,30)(H2,25,26,27,28). The molecule has 1 heterocycles. The van der Waals surface area contributed by atoms with Crippen molar-refractivity contribution in [3.63, 3.8) is 0 Å². The van der Waals surface area contributed by atoms with Crippen LogP contribution in [0.25, 0.3) is 0 Å². The maximum atomic E-state index is 11.4.